The zero-order chi connectivity index (χ0) is 25.9. The molecule has 0 saturated heterocycles. The number of methoxy groups -OCH3 is 1. The highest BCUT2D eigenvalue weighted by molar-refractivity contribution is 7.89. The summed E-state index contributed by atoms with van der Waals surface area (Å²) >= 11 is 0. The van der Waals surface area contributed by atoms with E-state index in [1.807, 2.05) is 19.0 Å². The summed E-state index contributed by atoms with van der Waals surface area (Å²) in [5, 5.41) is 2.84. The number of ketones is 1. The van der Waals surface area contributed by atoms with Gasteiger partial charge in [-0.05, 0) is 32.3 Å². The van der Waals surface area contributed by atoms with Crippen LogP contribution in [0.15, 0.2) is 89.5 Å². The number of ether oxygens (including phenoxy) is 1. The molecule has 0 fully saturated rings. The molecule has 0 spiro atoms. The number of rotatable bonds is 8. The third-order valence-corrected chi connectivity index (χ3v) is 7.66. The molecule has 36 heavy (non-hydrogen) atoms. The molecule has 9 heteroatoms. The first-order valence-electron chi connectivity index (χ1n) is 11.3. The first kappa shape index (κ1) is 25.2. The van der Waals surface area contributed by atoms with Gasteiger partial charge in [0, 0.05) is 24.2 Å². The topological polar surface area (TPSA) is 96.0 Å². The minimum Gasteiger partial charge on any atom is -0.496 e. The molecule has 1 aliphatic heterocycles. The molecule has 4 rings (SSSR count). The van der Waals surface area contributed by atoms with Crippen LogP contribution in [0.1, 0.15) is 26.3 Å². The molecule has 1 N–H and O–H groups in total. The number of hydrogen-bond donors (Lipinski definition) is 1. The summed E-state index contributed by atoms with van der Waals surface area (Å²) in [6, 6.07) is 21.5. The summed E-state index contributed by atoms with van der Waals surface area (Å²) in [5.74, 6) is -0.682. The van der Waals surface area contributed by atoms with E-state index in [4.69, 9.17) is 4.74 Å². The van der Waals surface area contributed by atoms with Crippen LogP contribution in [0.25, 0.3) is 5.70 Å². The average molecular weight is 506 g/mol. The predicted molar refractivity (Wildman–Crippen MR) is 137 cm³/mol. The van der Waals surface area contributed by atoms with Gasteiger partial charge in [-0.3, -0.25) is 13.9 Å². The zero-order valence-corrected chi connectivity index (χ0v) is 21.1. The van der Waals surface area contributed by atoms with Crippen LogP contribution in [0, 0.1) is 0 Å². The van der Waals surface area contributed by atoms with E-state index < -0.39 is 21.7 Å². The van der Waals surface area contributed by atoms with E-state index in [1.54, 1.807) is 72.8 Å². The Morgan fingerprint density at radius 2 is 1.56 bits per heavy atom. The lowest BCUT2D eigenvalue weighted by molar-refractivity contribution is 0.0969. The molecule has 3 aromatic carbocycles. The van der Waals surface area contributed by atoms with Crippen LogP contribution in [-0.2, 0) is 10.0 Å². The molecule has 1 heterocycles. The second kappa shape index (κ2) is 10.3. The van der Waals surface area contributed by atoms with Crippen molar-refractivity contribution < 1.29 is 22.7 Å². The number of para-hydroxylation sites is 1. The largest absolute Gasteiger partial charge is 0.496 e. The molecule has 3 aromatic rings. The lowest BCUT2D eigenvalue weighted by Crippen LogP contribution is -2.43. The Morgan fingerprint density at radius 3 is 2.25 bits per heavy atom. The van der Waals surface area contributed by atoms with E-state index in [2.05, 4.69) is 5.32 Å². The van der Waals surface area contributed by atoms with Crippen LogP contribution in [0.4, 0.5) is 0 Å². The van der Waals surface area contributed by atoms with Gasteiger partial charge in [0.2, 0.25) is 5.78 Å². The maximum atomic E-state index is 13.9. The maximum Gasteiger partial charge on any atom is 0.265 e. The highest BCUT2D eigenvalue weighted by Crippen LogP contribution is 2.37. The molecule has 0 aromatic heterocycles. The van der Waals surface area contributed by atoms with Crippen molar-refractivity contribution in [1.29, 1.82) is 0 Å². The third kappa shape index (κ3) is 4.75. The quantitative estimate of drug-likeness (QED) is 0.472. The van der Waals surface area contributed by atoms with Crippen molar-refractivity contribution in [2.45, 2.75) is 4.90 Å². The first-order chi connectivity index (χ1) is 17.3. The number of nitrogens with zero attached hydrogens (tertiary/aromatic N) is 2. The molecule has 0 bridgehead atoms. The van der Waals surface area contributed by atoms with Crippen LogP contribution < -0.4 is 10.1 Å². The summed E-state index contributed by atoms with van der Waals surface area (Å²) in [4.78, 5) is 29.1. The van der Waals surface area contributed by atoms with Crippen LogP contribution in [-0.4, -0.2) is 63.6 Å². The van der Waals surface area contributed by atoms with E-state index in [-0.39, 0.29) is 34.0 Å². The molecular formula is C27H27N3O5S. The Morgan fingerprint density at radius 1 is 0.917 bits per heavy atom. The van der Waals surface area contributed by atoms with Crippen LogP contribution in [0.2, 0.25) is 0 Å². The van der Waals surface area contributed by atoms with Crippen molar-refractivity contribution in [1.82, 2.24) is 14.5 Å². The molecule has 0 atom stereocenters. The Balaban J connectivity index is 1.95. The average Bonchev–Trinajstić information content (AvgIpc) is 2.89. The van der Waals surface area contributed by atoms with E-state index in [9.17, 15) is 18.0 Å². The van der Waals surface area contributed by atoms with Gasteiger partial charge in [0.15, 0.2) is 0 Å². The van der Waals surface area contributed by atoms with E-state index in [1.165, 1.54) is 13.2 Å². The van der Waals surface area contributed by atoms with Gasteiger partial charge >= 0.3 is 0 Å². The molecule has 0 unspecified atom stereocenters. The SMILES string of the molecule is COc1ccccc1C(=O)NC1=C(C(=O)c2ccccc2)N(CCN(C)C)S(=O)(=O)c2ccccc21. The molecule has 8 nitrogen and oxygen atoms in total. The highest BCUT2D eigenvalue weighted by atomic mass is 32.2. The number of hydrogen-bond acceptors (Lipinski definition) is 6. The van der Waals surface area contributed by atoms with Crippen LogP contribution in [0.3, 0.4) is 0 Å². The standard InChI is InChI=1S/C27H27N3O5S/c1-29(2)17-18-30-25(26(31)19-11-5-4-6-12-19)24(21-14-8-10-16-23(21)36(30,33)34)28-27(32)20-13-7-9-15-22(20)35-3/h4-16H,17-18H2,1-3H3,(H,28,32). The van der Waals surface area contributed by atoms with Gasteiger partial charge in [-0.1, -0.05) is 60.7 Å². The summed E-state index contributed by atoms with van der Waals surface area (Å²) < 4.78 is 33.9. The van der Waals surface area contributed by atoms with Crippen molar-refractivity contribution >= 4 is 27.4 Å². The fraction of sp³-hybridized carbons (Fsp3) is 0.185. The Hall–Kier alpha value is -3.95. The number of amides is 1. The van der Waals surface area contributed by atoms with Gasteiger partial charge in [-0.15, -0.1) is 0 Å². The van der Waals surface area contributed by atoms with E-state index >= 15 is 0 Å². The van der Waals surface area contributed by atoms with Crippen LogP contribution in [0.5, 0.6) is 5.75 Å². The molecule has 0 radical (unpaired) electrons. The number of likely N-dealkylation sites (N-methyl/N-ethyl adjacent to an activating group) is 1. The summed E-state index contributed by atoms with van der Waals surface area (Å²) in [5.41, 5.74) is 0.834. The Kier molecular flexibility index (Phi) is 7.23. The smallest absolute Gasteiger partial charge is 0.265 e. The van der Waals surface area contributed by atoms with Crippen molar-refractivity contribution in [2.75, 3.05) is 34.3 Å². The van der Waals surface area contributed by atoms with Crippen molar-refractivity contribution in [3.05, 3.63) is 101 Å². The van der Waals surface area contributed by atoms with E-state index in [0.29, 0.717) is 17.9 Å². The number of benzene rings is 3. The summed E-state index contributed by atoms with van der Waals surface area (Å²) in [7, 11) is 1.02. The highest BCUT2D eigenvalue weighted by Gasteiger charge is 2.40. The van der Waals surface area contributed by atoms with E-state index in [0.717, 1.165) is 4.31 Å². The second-order valence-electron chi connectivity index (χ2n) is 8.45. The lowest BCUT2D eigenvalue weighted by Gasteiger charge is -2.34. The number of nitrogens with one attached hydrogen (secondary N) is 1. The minimum absolute atomic E-state index is 0.0173. The van der Waals surface area contributed by atoms with Gasteiger partial charge in [0.05, 0.1) is 23.3 Å². The molecule has 0 aliphatic carbocycles. The number of sulfonamides is 1. The molecule has 1 aliphatic rings. The summed E-state index contributed by atoms with van der Waals surface area (Å²) in [6.45, 7) is 0.381. The number of carbonyl (C=O) groups is 2. The fourth-order valence-electron chi connectivity index (χ4n) is 4.00. The lowest BCUT2D eigenvalue weighted by atomic mass is 10.0. The van der Waals surface area contributed by atoms with Crippen molar-refractivity contribution in [3.63, 3.8) is 0 Å². The second-order valence-corrected chi connectivity index (χ2v) is 10.3. The molecule has 0 saturated carbocycles. The Bertz CT molecular complexity index is 1430. The summed E-state index contributed by atoms with van der Waals surface area (Å²) in [6.07, 6.45) is 0. The van der Waals surface area contributed by atoms with Crippen molar-refractivity contribution in [2.24, 2.45) is 0 Å². The minimum atomic E-state index is -4.07. The molecular weight excluding hydrogens is 478 g/mol. The van der Waals surface area contributed by atoms with Gasteiger partial charge in [-0.2, -0.15) is 0 Å². The number of carbonyl (C=O) groups excluding carboxylic acids is 2. The maximum absolute atomic E-state index is 13.9. The number of Topliss-reactive ketones (excluding diaryl/α,β-unsaturated/α-hetero) is 1. The first-order valence-corrected chi connectivity index (χ1v) is 12.7. The fourth-order valence-corrected chi connectivity index (χ4v) is 5.68. The van der Waals surface area contributed by atoms with Gasteiger partial charge in [-0.25, -0.2) is 8.42 Å². The monoisotopic (exact) mass is 505 g/mol. The zero-order valence-electron chi connectivity index (χ0n) is 20.3. The normalized spacial score (nSPS) is 14.4. The number of fused-ring (bicyclic) bond motifs is 1. The van der Waals surface area contributed by atoms with Gasteiger partial charge in [0.1, 0.15) is 11.4 Å². The van der Waals surface area contributed by atoms with Crippen molar-refractivity contribution in [3.8, 4) is 5.75 Å². The van der Waals surface area contributed by atoms with Gasteiger partial charge < -0.3 is 15.0 Å². The van der Waals surface area contributed by atoms with Crippen LogP contribution >= 0.6 is 0 Å². The molecule has 1 amide bonds. The predicted octanol–water partition coefficient (Wildman–Crippen LogP) is 3.24. The molecule has 186 valence electrons. The van der Waals surface area contributed by atoms with Gasteiger partial charge in [0.25, 0.3) is 15.9 Å². The third-order valence-electron chi connectivity index (χ3n) is 5.80. The Labute approximate surface area is 210 Å². The number of allylic oxidation sites excluding steroid dienone is 1.